The second-order valence-corrected chi connectivity index (χ2v) is 6.33. The summed E-state index contributed by atoms with van der Waals surface area (Å²) in [6.07, 6.45) is -0.640. The Morgan fingerprint density at radius 1 is 1.25 bits per heavy atom. The van der Waals surface area contributed by atoms with E-state index in [2.05, 4.69) is 18.7 Å². The van der Waals surface area contributed by atoms with E-state index in [1.165, 1.54) is 4.90 Å². The number of urea groups is 1. The summed E-state index contributed by atoms with van der Waals surface area (Å²) in [7, 11) is 2.02. The molecule has 2 amide bonds. The number of rotatable bonds is 1. The zero-order valence-electron chi connectivity index (χ0n) is 12.2. The standard InChI is InChI=1S/C13H23N3O4/c1-13(2)8-15(5-4-14(13)3)12(20)16-7-9(17)6-10(16)11(18)19/h9-10,17H,4-8H2,1-3H3,(H,18,19)/t9-,10-/m1/s1. The molecule has 0 radical (unpaired) electrons. The summed E-state index contributed by atoms with van der Waals surface area (Å²) in [5.74, 6) is -1.05. The first-order chi connectivity index (χ1) is 9.22. The van der Waals surface area contributed by atoms with Crippen molar-refractivity contribution in [2.24, 2.45) is 0 Å². The van der Waals surface area contributed by atoms with Gasteiger partial charge in [0.25, 0.3) is 0 Å². The average molecular weight is 285 g/mol. The molecule has 0 bridgehead atoms. The van der Waals surface area contributed by atoms with Gasteiger partial charge in [0, 0.05) is 38.1 Å². The fraction of sp³-hybridized carbons (Fsp3) is 0.846. The maximum Gasteiger partial charge on any atom is 0.326 e. The predicted molar refractivity (Wildman–Crippen MR) is 72.4 cm³/mol. The molecule has 2 rings (SSSR count). The number of carbonyl (C=O) groups excluding carboxylic acids is 1. The zero-order valence-corrected chi connectivity index (χ0v) is 12.2. The van der Waals surface area contributed by atoms with Gasteiger partial charge in [-0.1, -0.05) is 0 Å². The number of piperazine rings is 1. The van der Waals surface area contributed by atoms with Crippen LogP contribution in [0.4, 0.5) is 4.79 Å². The monoisotopic (exact) mass is 285 g/mol. The molecule has 2 aliphatic heterocycles. The van der Waals surface area contributed by atoms with Gasteiger partial charge in [0.15, 0.2) is 0 Å². The fourth-order valence-corrected chi connectivity index (χ4v) is 2.84. The lowest BCUT2D eigenvalue weighted by Crippen LogP contribution is -2.61. The molecule has 0 saturated carbocycles. The van der Waals surface area contributed by atoms with Crippen LogP contribution in [-0.2, 0) is 4.79 Å². The largest absolute Gasteiger partial charge is 0.480 e. The van der Waals surface area contributed by atoms with Gasteiger partial charge in [-0.3, -0.25) is 4.90 Å². The van der Waals surface area contributed by atoms with Gasteiger partial charge in [-0.15, -0.1) is 0 Å². The SMILES string of the molecule is CN1CCN(C(=O)N2C[C@H](O)C[C@@H]2C(=O)O)CC1(C)C. The maximum atomic E-state index is 12.5. The molecule has 114 valence electrons. The first kappa shape index (κ1) is 15.1. The maximum absolute atomic E-state index is 12.5. The van der Waals surface area contributed by atoms with Crippen LogP contribution in [0.1, 0.15) is 20.3 Å². The molecule has 2 atom stereocenters. The van der Waals surface area contributed by atoms with Gasteiger partial charge in [-0.25, -0.2) is 9.59 Å². The third-order valence-electron chi connectivity index (χ3n) is 4.40. The molecule has 0 aromatic rings. The molecule has 0 unspecified atom stereocenters. The number of aliphatic carboxylic acids is 1. The highest BCUT2D eigenvalue weighted by atomic mass is 16.4. The molecular formula is C13H23N3O4. The van der Waals surface area contributed by atoms with Crippen molar-refractivity contribution in [3.8, 4) is 0 Å². The van der Waals surface area contributed by atoms with Gasteiger partial charge in [0.1, 0.15) is 6.04 Å². The first-order valence-corrected chi connectivity index (χ1v) is 6.90. The Morgan fingerprint density at radius 2 is 1.90 bits per heavy atom. The fourth-order valence-electron chi connectivity index (χ4n) is 2.84. The van der Waals surface area contributed by atoms with Crippen molar-refractivity contribution in [3.63, 3.8) is 0 Å². The third kappa shape index (κ3) is 2.73. The van der Waals surface area contributed by atoms with Gasteiger partial charge in [-0.05, 0) is 20.9 Å². The Hall–Kier alpha value is -1.34. The summed E-state index contributed by atoms with van der Waals surface area (Å²) in [6.45, 7) is 6.11. The van der Waals surface area contributed by atoms with Crippen molar-refractivity contribution in [2.75, 3.05) is 33.2 Å². The quantitative estimate of drug-likeness (QED) is 0.688. The average Bonchev–Trinajstić information content (AvgIpc) is 2.74. The van der Waals surface area contributed by atoms with Crippen molar-refractivity contribution in [1.82, 2.24) is 14.7 Å². The number of hydrogen-bond donors (Lipinski definition) is 2. The highest BCUT2D eigenvalue weighted by molar-refractivity contribution is 5.83. The van der Waals surface area contributed by atoms with E-state index in [4.69, 9.17) is 5.11 Å². The Labute approximate surface area is 118 Å². The minimum atomic E-state index is -1.05. The minimum Gasteiger partial charge on any atom is -0.480 e. The van der Waals surface area contributed by atoms with Crippen molar-refractivity contribution in [1.29, 1.82) is 0 Å². The summed E-state index contributed by atoms with van der Waals surface area (Å²) >= 11 is 0. The van der Waals surface area contributed by atoms with E-state index >= 15 is 0 Å². The number of carboxylic acids is 1. The number of nitrogens with zero attached hydrogens (tertiary/aromatic N) is 3. The van der Waals surface area contributed by atoms with Crippen molar-refractivity contribution in [2.45, 2.75) is 38.0 Å². The van der Waals surface area contributed by atoms with E-state index in [1.54, 1.807) is 4.90 Å². The molecule has 0 aliphatic carbocycles. The van der Waals surface area contributed by atoms with E-state index < -0.39 is 18.1 Å². The normalized spacial score (nSPS) is 30.6. The Balaban J connectivity index is 2.09. The zero-order chi connectivity index (χ0) is 15.1. The summed E-state index contributed by atoms with van der Waals surface area (Å²) in [5.41, 5.74) is -0.134. The van der Waals surface area contributed by atoms with Crippen LogP contribution < -0.4 is 0 Å². The van der Waals surface area contributed by atoms with Crippen molar-refractivity contribution < 1.29 is 19.8 Å². The number of carbonyl (C=O) groups is 2. The lowest BCUT2D eigenvalue weighted by molar-refractivity contribution is -0.141. The second-order valence-electron chi connectivity index (χ2n) is 6.33. The highest BCUT2D eigenvalue weighted by Gasteiger charge is 2.42. The van der Waals surface area contributed by atoms with E-state index in [0.717, 1.165) is 6.54 Å². The highest BCUT2D eigenvalue weighted by Crippen LogP contribution is 2.24. The third-order valence-corrected chi connectivity index (χ3v) is 4.40. The van der Waals surface area contributed by atoms with Crippen molar-refractivity contribution >= 4 is 12.0 Å². The topological polar surface area (TPSA) is 84.3 Å². The van der Waals surface area contributed by atoms with Crippen LogP contribution in [-0.4, -0.2) is 87.8 Å². The molecule has 20 heavy (non-hydrogen) atoms. The summed E-state index contributed by atoms with van der Waals surface area (Å²) in [4.78, 5) is 28.9. The first-order valence-electron chi connectivity index (χ1n) is 6.90. The summed E-state index contributed by atoms with van der Waals surface area (Å²) < 4.78 is 0. The number of likely N-dealkylation sites (N-methyl/N-ethyl adjacent to an activating group) is 1. The molecule has 7 nitrogen and oxygen atoms in total. The van der Waals surface area contributed by atoms with Crippen LogP contribution in [0.25, 0.3) is 0 Å². The number of likely N-dealkylation sites (tertiary alicyclic amines) is 1. The van der Waals surface area contributed by atoms with Crippen LogP contribution >= 0.6 is 0 Å². The Kier molecular flexibility index (Phi) is 3.93. The van der Waals surface area contributed by atoms with Crippen LogP contribution in [0.15, 0.2) is 0 Å². The van der Waals surface area contributed by atoms with Gasteiger partial charge < -0.3 is 20.0 Å². The molecule has 0 aromatic heterocycles. The number of aliphatic hydroxyl groups excluding tert-OH is 1. The van der Waals surface area contributed by atoms with Gasteiger partial charge in [0.2, 0.25) is 0 Å². The second kappa shape index (κ2) is 5.21. The lowest BCUT2D eigenvalue weighted by atomic mass is 10.00. The molecule has 0 spiro atoms. The van der Waals surface area contributed by atoms with Gasteiger partial charge in [-0.2, -0.15) is 0 Å². The number of β-amino-alcohol motifs (C(OH)–C–C–N with tert-alkyl or cyclic N) is 1. The number of aliphatic hydroxyl groups is 1. The molecule has 2 heterocycles. The van der Waals surface area contributed by atoms with E-state index in [0.29, 0.717) is 13.1 Å². The molecule has 2 aliphatic rings. The molecule has 0 aromatic carbocycles. The number of hydrogen-bond acceptors (Lipinski definition) is 4. The number of carboxylic acid groups (broad SMARTS) is 1. The minimum absolute atomic E-state index is 0.0998. The van der Waals surface area contributed by atoms with Gasteiger partial charge >= 0.3 is 12.0 Å². The summed E-state index contributed by atoms with van der Waals surface area (Å²) in [5, 5.41) is 18.8. The Morgan fingerprint density at radius 3 is 2.45 bits per heavy atom. The van der Waals surface area contributed by atoms with Crippen LogP contribution in [0.2, 0.25) is 0 Å². The van der Waals surface area contributed by atoms with E-state index in [-0.39, 0.29) is 24.5 Å². The van der Waals surface area contributed by atoms with Gasteiger partial charge in [0.05, 0.1) is 6.10 Å². The van der Waals surface area contributed by atoms with E-state index in [1.807, 2.05) is 7.05 Å². The van der Waals surface area contributed by atoms with Crippen LogP contribution in [0.5, 0.6) is 0 Å². The van der Waals surface area contributed by atoms with Crippen LogP contribution in [0, 0.1) is 0 Å². The summed E-state index contributed by atoms with van der Waals surface area (Å²) in [6, 6.07) is -1.20. The Bertz CT molecular complexity index is 412. The molecule has 2 saturated heterocycles. The van der Waals surface area contributed by atoms with Crippen LogP contribution in [0.3, 0.4) is 0 Å². The molecule has 2 N–H and O–H groups in total. The number of amides is 2. The molecule has 7 heteroatoms. The van der Waals surface area contributed by atoms with E-state index in [9.17, 15) is 14.7 Å². The van der Waals surface area contributed by atoms with Crippen molar-refractivity contribution in [3.05, 3.63) is 0 Å². The molecule has 2 fully saturated rings. The predicted octanol–water partition coefficient (Wildman–Crippen LogP) is -0.348. The lowest BCUT2D eigenvalue weighted by Gasteiger charge is -2.46. The smallest absolute Gasteiger partial charge is 0.326 e. The molecular weight excluding hydrogens is 262 g/mol.